The molecular formula is C11H19BrN2O3. The van der Waals surface area contributed by atoms with Gasteiger partial charge < -0.3 is 15.3 Å². The van der Waals surface area contributed by atoms with Crippen LogP contribution < -0.4 is 5.32 Å². The Bertz CT molecular complexity index is 265. The van der Waals surface area contributed by atoms with Crippen molar-refractivity contribution in [3.8, 4) is 0 Å². The molecule has 6 heteroatoms. The Morgan fingerprint density at radius 3 is 2.53 bits per heavy atom. The minimum absolute atomic E-state index is 0.00747. The van der Waals surface area contributed by atoms with E-state index in [2.05, 4.69) is 21.2 Å². The van der Waals surface area contributed by atoms with Crippen LogP contribution in [0.5, 0.6) is 0 Å². The number of aliphatic hydroxyl groups is 1. The summed E-state index contributed by atoms with van der Waals surface area (Å²) in [6, 6.07) is 0. The van der Waals surface area contributed by atoms with Gasteiger partial charge in [-0.1, -0.05) is 15.9 Å². The number of alkyl halides is 1. The van der Waals surface area contributed by atoms with Crippen molar-refractivity contribution in [1.29, 1.82) is 0 Å². The van der Waals surface area contributed by atoms with E-state index in [-0.39, 0.29) is 24.3 Å². The molecule has 2 amide bonds. The van der Waals surface area contributed by atoms with E-state index in [1.165, 1.54) is 0 Å². The maximum Gasteiger partial charge on any atom is 0.233 e. The van der Waals surface area contributed by atoms with E-state index in [1.807, 2.05) is 0 Å². The molecule has 1 rings (SSSR count). The number of likely N-dealkylation sites (tertiary alicyclic amines) is 1. The van der Waals surface area contributed by atoms with Crippen LogP contribution in [0.15, 0.2) is 0 Å². The largest absolute Gasteiger partial charge is 0.396 e. The Morgan fingerprint density at radius 2 is 2.00 bits per heavy atom. The Morgan fingerprint density at radius 1 is 1.35 bits per heavy atom. The summed E-state index contributed by atoms with van der Waals surface area (Å²) in [5.41, 5.74) is 0. The molecule has 0 aromatic heterocycles. The summed E-state index contributed by atoms with van der Waals surface area (Å²) >= 11 is 3.14. The van der Waals surface area contributed by atoms with Crippen LogP contribution in [0.2, 0.25) is 0 Å². The molecule has 0 aromatic carbocycles. The number of rotatable bonds is 5. The topological polar surface area (TPSA) is 69.6 Å². The molecule has 5 nitrogen and oxygen atoms in total. The molecule has 0 spiro atoms. The van der Waals surface area contributed by atoms with Crippen molar-refractivity contribution in [2.45, 2.75) is 19.3 Å². The lowest BCUT2D eigenvalue weighted by molar-refractivity contribution is -0.133. The molecule has 1 aliphatic rings. The van der Waals surface area contributed by atoms with Gasteiger partial charge in [-0.25, -0.2) is 0 Å². The second-order valence-corrected chi connectivity index (χ2v) is 4.72. The molecule has 1 saturated heterocycles. The fourth-order valence-corrected chi connectivity index (χ4v) is 2.27. The Hall–Kier alpha value is -0.620. The van der Waals surface area contributed by atoms with Gasteiger partial charge >= 0.3 is 0 Å². The van der Waals surface area contributed by atoms with Gasteiger partial charge in [0.25, 0.3) is 0 Å². The summed E-state index contributed by atoms with van der Waals surface area (Å²) in [7, 11) is 0. The molecule has 0 aliphatic carbocycles. The molecule has 0 atom stereocenters. The second-order valence-electron chi connectivity index (χ2n) is 4.16. The van der Waals surface area contributed by atoms with Crippen LogP contribution in [-0.2, 0) is 9.59 Å². The Labute approximate surface area is 110 Å². The third kappa shape index (κ3) is 4.63. The van der Waals surface area contributed by atoms with E-state index in [4.69, 9.17) is 5.11 Å². The van der Waals surface area contributed by atoms with E-state index in [1.54, 1.807) is 4.90 Å². The van der Waals surface area contributed by atoms with Crippen molar-refractivity contribution in [1.82, 2.24) is 10.2 Å². The molecular weight excluding hydrogens is 288 g/mol. The van der Waals surface area contributed by atoms with Crippen LogP contribution in [0.4, 0.5) is 0 Å². The summed E-state index contributed by atoms with van der Waals surface area (Å²) in [6.07, 6.45) is 2.04. The van der Waals surface area contributed by atoms with Gasteiger partial charge in [0.15, 0.2) is 0 Å². The first-order valence-electron chi connectivity index (χ1n) is 5.91. The number of carbonyl (C=O) groups is 2. The van der Waals surface area contributed by atoms with E-state index in [9.17, 15) is 9.59 Å². The molecule has 17 heavy (non-hydrogen) atoms. The SMILES string of the molecule is O=C(NCCCO)C1CCN(C(=O)CBr)CC1. The summed E-state index contributed by atoms with van der Waals surface area (Å²) in [5, 5.41) is 11.8. The molecule has 1 aliphatic heterocycles. The summed E-state index contributed by atoms with van der Waals surface area (Å²) in [5.74, 6) is 0.140. The van der Waals surface area contributed by atoms with Gasteiger partial charge in [0, 0.05) is 32.2 Å². The number of halogens is 1. The minimum atomic E-state index is 0.00747. The average Bonchev–Trinajstić information content (AvgIpc) is 2.38. The Kier molecular flexibility index (Phi) is 6.50. The van der Waals surface area contributed by atoms with Gasteiger partial charge in [0.1, 0.15) is 0 Å². The number of hydrogen-bond donors (Lipinski definition) is 2. The van der Waals surface area contributed by atoms with Crippen LogP contribution in [0.3, 0.4) is 0 Å². The highest BCUT2D eigenvalue weighted by atomic mass is 79.9. The second kappa shape index (κ2) is 7.66. The van der Waals surface area contributed by atoms with Gasteiger partial charge in [0.2, 0.25) is 11.8 Å². The van der Waals surface area contributed by atoms with Crippen LogP contribution in [0.25, 0.3) is 0 Å². The standard InChI is InChI=1S/C11H19BrN2O3/c12-8-10(16)14-5-2-9(3-6-14)11(17)13-4-1-7-15/h9,15H,1-8H2,(H,13,17). The van der Waals surface area contributed by atoms with Crippen molar-refractivity contribution in [3.63, 3.8) is 0 Å². The molecule has 0 unspecified atom stereocenters. The lowest BCUT2D eigenvalue weighted by Gasteiger charge is -2.31. The zero-order valence-corrected chi connectivity index (χ0v) is 11.4. The number of carbonyl (C=O) groups excluding carboxylic acids is 2. The van der Waals surface area contributed by atoms with Crippen LogP contribution >= 0.6 is 15.9 Å². The molecule has 0 saturated carbocycles. The van der Waals surface area contributed by atoms with E-state index in [0.717, 1.165) is 12.8 Å². The normalized spacial score (nSPS) is 16.9. The van der Waals surface area contributed by atoms with Gasteiger partial charge in [-0.05, 0) is 19.3 Å². The first-order chi connectivity index (χ1) is 8.19. The molecule has 0 aromatic rings. The molecule has 1 heterocycles. The number of amides is 2. The minimum Gasteiger partial charge on any atom is -0.396 e. The lowest BCUT2D eigenvalue weighted by Crippen LogP contribution is -2.43. The van der Waals surface area contributed by atoms with Crippen LogP contribution in [0.1, 0.15) is 19.3 Å². The van der Waals surface area contributed by atoms with Crippen molar-refractivity contribution in [3.05, 3.63) is 0 Å². The van der Waals surface area contributed by atoms with Crippen molar-refractivity contribution in [2.24, 2.45) is 5.92 Å². The summed E-state index contributed by atoms with van der Waals surface area (Å²) < 4.78 is 0. The summed E-state index contributed by atoms with van der Waals surface area (Å²) in [4.78, 5) is 24.9. The summed E-state index contributed by atoms with van der Waals surface area (Å²) in [6.45, 7) is 1.93. The van der Waals surface area contributed by atoms with E-state index in [0.29, 0.717) is 31.4 Å². The van der Waals surface area contributed by atoms with Crippen LogP contribution in [0, 0.1) is 5.92 Å². The first-order valence-corrected chi connectivity index (χ1v) is 7.03. The van der Waals surface area contributed by atoms with Gasteiger partial charge in [-0.2, -0.15) is 0 Å². The lowest BCUT2D eigenvalue weighted by atomic mass is 9.96. The fraction of sp³-hybridized carbons (Fsp3) is 0.818. The van der Waals surface area contributed by atoms with Crippen molar-refractivity contribution in [2.75, 3.05) is 31.6 Å². The molecule has 0 bridgehead atoms. The zero-order valence-electron chi connectivity index (χ0n) is 9.82. The van der Waals surface area contributed by atoms with Crippen molar-refractivity contribution >= 4 is 27.7 Å². The smallest absolute Gasteiger partial charge is 0.233 e. The number of nitrogens with one attached hydrogen (secondary N) is 1. The van der Waals surface area contributed by atoms with Crippen LogP contribution in [-0.4, -0.2) is 53.4 Å². The highest BCUT2D eigenvalue weighted by Gasteiger charge is 2.26. The Balaban J connectivity index is 2.26. The van der Waals surface area contributed by atoms with E-state index < -0.39 is 0 Å². The third-order valence-electron chi connectivity index (χ3n) is 2.97. The maximum atomic E-state index is 11.7. The molecule has 0 radical (unpaired) electrons. The van der Waals surface area contributed by atoms with Gasteiger partial charge in [-0.3, -0.25) is 9.59 Å². The predicted octanol–water partition coefficient (Wildman–Crippen LogP) is 0.118. The monoisotopic (exact) mass is 306 g/mol. The molecule has 1 fully saturated rings. The zero-order chi connectivity index (χ0) is 12.7. The first kappa shape index (κ1) is 14.4. The fourth-order valence-electron chi connectivity index (χ4n) is 1.91. The number of aliphatic hydroxyl groups excluding tert-OH is 1. The highest BCUT2D eigenvalue weighted by Crippen LogP contribution is 2.17. The van der Waals surface area contributed by atoms with Gasteiger partial charge in [0.05, 0.1) is 5.33 Å². The highest BCUT2D eigenvalue weighted by molar-refractivity contribution is 9.09. The third-order valence-corrected chi connectivity index (χ3v) is 3.45. The maximum absolute atomic E-state index is 11.7. The number of hydrogen-bond acceptors (Lipinski definition) is 3. The van der Waals surface area contributed by atoms with Gasteiger partial charge in [-0.15, -0.1) is 0 Å². The molecule has 98 valence electrons. The van der Waals surface area contributed by atoms with E-state index >= 15 is 0 Å². The van der Waals surface area contributed by atoms with Crippen molar-refractivity contribution < 1.29 is 14.7 Å². The number of nitrogens with zero attached hydrogens (tertiary/aromatic N) is 1. The quantitative estimate of drug-likeness (QED) is 0.560. The number of piperidine rings is 1. The molecule has 2 N–H and O–H groups in total. The average molecular weight is 307 g/mol. The predicted molar refractivity (Wildman–Crippen MR) is 67.8 cm³/mol.